The van der Waals surface area contributed by atoms with Crippen molar-refractivity contribution in [2.45, 2.75) is 55.9 Å². The number of alkyl halides is 3. The van der Waals surface area contributed by atoms with E-state index < -0.39 is 27.1 Å². The topological polar surface area (TPSA) is 104 Å². The van der Waals surface area contributed by atoms with Crippen LogP contribution in [0.4, 0.5) is 18.9 Å². The second-order valence-corrected chi connectivity index (χ2v) is 11.7. The van der Waals surface area contributed by atoms with Gasteiger partial charge in [-0.05, 0) is 49.9 Å². The lowest BCUT2D eigenvalue weighted by Gasteiger charge is -2.29. The molecule has 1 aromatic carbocycles. The maximum atomic E-state index is 12.9. The Kier molecular flexibility index (Phi) is 7.29. The number of hydrogen-bond acceptors (Lipinski definition) is 6. The summed E-state index contributed by atoms with van der Waals surface area (Å²) in [6.07, 6.45) is 0.860. The normalized spacial score (nSPS) is 15.0. The first-order chi connectivity index (χ1) is 19.0. The summed E-state index contributed by atoms with van der Waals surface area (Å²) < 4.78 is 67.5. The average molecular weight is 569 g/mol. The van der Waals surface area contributed by atoms with Gasteiger partial charge in [0.15, 0.2) is 0 Å². The minimum Gasteiger partial charge on any atom is -0.369 e. The first kappa shape index (κ1) is 27.6. The van der Waals surface area contributed by atoms with Crippen LogP contribution in [0.3, 0.4) is 0 Å². The van der Waals surface area contributed by atoms with Gasteiger partial charge in [0.2, 0.25) is 10.0 Å². The molecule has 0 bridgehead atoms. The van der Waals surface area contributed by atoms with Crippen molar-refractivity contribution in [3.8, 4) is 17.5 Å². The molecule has 3 aromatic heterocycles. The molecule has 0 radical (unpaired) electrons. The van der Waals surface area contributed by atoms with E-state index >= 15 is 0 Å². The lowest BCUT2D eigenvalue weighted by molar-refractivity contribution is -0.147. The number of aromatic nitrogens is 3. The van der Waals surface area contributed by atoms with Gasteiger partial charge in [-0.25, -0.2) is 13.4 Å². The smallest absolute Gasteiger partial charge is 0.369 e. The number of nitrogens with zero attached hydrogens (tertiary/aromatic N) is 5. The third-order valence-electron chi connectivity index (χ3n) is 7.19. The maximum absolute atomic E-state index is 12.9. The van der Waals surface area contributed by atoms with Crippen LogP contribution in [0, 0.1) is 11.3 Å². The number of fused-ring (bicyclic) bond motifs is 1. The number of pyridine rings is 2. The van der Waals surface area contributed by atoms with Crippen LogP contribution >= 0.6 is 0 Å². The van der Waals surface area contributed by atoms with Gasteiger partial charge in [0.05, 0.1) is 28.8 Å². The molecular formula is C28H27F3N6O2S. The molecule has 0 unspecified atom stereocenters. The number of nitrogens with one attached hydrogen (secondary N) is 1. The van der Waals surface area contributed by atoms with Gasteiger partial charge < -0.3 is 9.47 Å². The van der Waals surface area contributed by atoms with Gasteiger partial charge in [-0.15, -0.1) is 0 Å². The van der Waals surface area contributed by atoms with Crippen molar-refractivity contribution in [2.24, 2.45) is 0 Å². The number of hydrogen-bond donors (Lipinski definition) is 1. The number of nitriles is 1. The van der Waals surface area contributed by atoms with Gasteiger partial charge in [0.1, 0.15) is 22.7 Å². The van der Waals surface area contributed by atoms with E-state index in [1.165, 1.54) is 12.1 Å². The van der Waals surface area contributed by atoms with E-state index in [0.29, 0.717) is 34.5 Å². The number of sulfonamides is 1. The Morgan fingerprint density at radius 1 is 1.15 bits per heavy atom. The molecule has 12 heteroatoms. The lowest BCUT2D eigenvalue weighted by Crippen LogP contribution is -2.42. The van der Waals surface area contributed by atoms with Crippen molar-refractivity contribution in [3.05, 3.63) is 72.1 Å². The standard InChI is InChI=1S/C28H27F3N6O2S/c1-18(28(29,30)31)35-40(38,39)22-11-12-25(33-16-22)26-24(14-32)23-13-21(36(2)17-19-7-4-3-5-8-19)15-34-27(23)37(26)20-9-6-10-20/h3-5,7-8,11-13,15-16,18,20,35H,6,9-10,17H2,1-2H3/t18-/m1/s1. The molecule has 40 heavy (non-hydrogen) atoms. The van der Waals surface area contributed by atoms with Gasteiger partial charge in [-0.3, -0.25) is 4.98 Å². The molecule has 8 nitrogen and oxygen atoms in total. The van der Waals surface area contributed by atoms with E-state index in [4.69, 9.17) is 4.98 Å². The molecule has 1 aliphatic rings. The third-order valence-corrected chi connectivity index (χ3v) is 8.72. The minimum atomic E-state index is -4.73. The van der Waals surface area contributed by atoms with Crippen LogP contribution in [0.1, 0.15) is 43.4 Å². The molecule has 3 heterocycles. The van der Waals surface area contributed by atoms with Gasteiger partial charge in [-0.2, -0.15) is 23.2 Å². The molecule has 0 amide bonds. The zero-order valence-corrected chi connectivity index (χ0v) is 22.7. The molecule has 1 aliphatic carbocycles. The number of halogens is 3. The highest BCUT2D eigenvalue weighted by atomic mass is 32.2. The first-order valence-corrected chi connectivity index (χ1v) is 14.2. The van der Waals surface area contributed by atoms with Crippen molar-refractivity contribution in [1.29, 1.82) is 5.26 Å². The Balaban J connectivity index is 1.55. The lowest BCUT2D eigenvalue weighted by atomic mass is 9.92. The molecule has 1 fully saturated rings. The van der Waals surface area contributed by atoms with Crippen molar-refractivity contribution in [3.63, 3.8) is 0 Å². The maximum Gasteiger partial charge on any atom is 0.404 e. The molecule has 1 saturated carbocycles. The summed E-state index contributed by atoms with van der Waals surface area (Å²) >= 11 is 0. The van der Waals surface area contributed by atoms with E-state index in [9.17, 15) is 26.9 Å². The molecular weight excluding hydrogens is 541 g/mol. The fourth-order valence-electron chi connectivity index (χ4n) is 4.75. The molecule has 208 valence electrons. The Morgan fingerprint density at radius 3 is 2.45 bits per heavy atom. The van der Waals surface area contributed by atoms with Crippen LogP contribution in [0.5, 0.6) is 0 Å². The van der Waals surface area contributed by atoms with E-state index in [2.05, 4.69) is 11.1 Å². The Labute approximate surface area is 230 Å². The molecule has 0 saturated heterocycles. The average Bonchev–Trinajstić information content (AvgIpc) is 3.20. The predicted molar refractivity (Wildman–Crippen MR) is 145 cm³/mol. The Bertz CT molecular complexity index is 1680. The van der Waals surface area contributed by atoms with Crippen LogP contribution < -0.4 is 9.62 Å². The quantitative estimate of drug-likeness (QED) is 0.299. The zero-order valence-electron chi connectivity index (χ0n) is 21.9. The number of benzene rings is 1. The monoisotopic (exact) mass is 568 g/mol. The second kappa shape index (κ2) is 10.6. The SMILES string of the molecule is C[C@@H](NS(=O)(=O)c1ccc(-c2c(C#N)c3cc(N(C)Cc4ccccc4)cnc3n2C2CCC2)nc1)C(F)(F)F. The Morgan fingerprint density at radius 2 is 1.88 bits per heavy atom. The van der Waals surface area contributed by atoms with Gasteiger partial charge in [0, 0.05) is 31.2 Å². The van der Waals surface area contributed by atoms with E-state index in [1.54, 1.807) is 10.9 Å². The van der Waals surface area contributed by atoms with Gasteiger partial charge >= 0.3 is 6.18 Å². The molecule has 4 aromatic rings. The summed E-state index contributed by atoms with van der Waals surface area (Å²) in [6.45, 7) is 1.37. The van der Waals surface area contributed by atoms with Crippen molar-refractivity contribution >= 4 is 26.7 Å². The van der Waals surface area contributed by atoms with Crippen molar-refractivity contribution in [1.82, 2.24) is 19.3 Å². The molecule has 1 N–H and O–H groups in total. The third kappa shape index (κ3) is 5.26. The number of rotatable bonds is 8. The minimum absolute atomic E-state index is 0.0968. The highest BCUT2D eigenvalue weighted by Crippen LogP contribution is 2.42. The summed E-state index contributed by atoms with van der Waals surface area (Å²) in [5.41, 5.74) is 3.78. The van der Waals surface area contributed by atoms with Crippen LogP contribution in [0.25, 0.3) is 22.4 Å². The fraction of sp³-hybridized carbons (Fsp3) is 0.321. The second-order valence-electron chi connectivity index (χ2n) is 9.96. The molecule has 0 aliphatic heterocycles. The fourth-order valence-corrected chi connectivity index (χ4v) is 5.92. The zero-order chi connectivity index (χ0) is 28.7. The summed E-state index contributed by atoms with van der Waals surface area (Å²) in [4.78, 5) is 10.7. The van der Waals surface area contributed by atoms with Crippen LogP contribution in [-0.4, -0.2) is 42.2 Å². The van der Waals surface area contributed by atoms with Crippen LogP contribution in [0.2, 0.25) is 0 Å². The molecule has 0 spiro atoms. The van der Waals surface area contributed by atoms with Crippen molar-refractivity contribution in [2.75, 3.05) is 11.9 Å². The van der Waals surface area contributed by atoms with E-state index in [-0.39, 0.29) is 6.04 Å². The van der Waals surface area contributed by atoms with Gasteiger partial charge in [-0.1, -0.05) is 30.3 Å². The van der Waals surface area contributed by atoms with Crippen LogP contribution in [0.15, 0.2) is 65.8 Å². The van der Waals surface area contributed by atoms with Crippen LogP contribution in [-0.2, 0) is 16.6 Å². The van der Waals surface area contributed by atoms with E-state index in [1.807, 2.05) is 52.9 Å². The first-order valence-electron chi connectivity index (χ1n) is 12.7. The Hall–Kier alpha value is -3.95. The summed E-state index contributed by atoms with van der Waals surface area (Å²) in [5.74, 6) is 0. The van der Waals surface area contributed by atoms with Gasteiger partial charge in [0.25, 0.3) is 0 Å². The largest absolute Gasteiger partial charge is 0.404 e. The predicted octanol–water partition coefficient (Wildman–Crippen LogP) is 5.56. The number of anilines is 1. The summed E-state index contributed by atoms with van der Waals surface area (Å²) in [7, 11) is -2.52. The summed E-state index contributed by atoms with van der Waals surface area (Å²) in [6, 6.07) is 14.6. The summed E-state index contributed by atoms with van der Waals surface area (Å²) in [5, 5.41) is 10.9. The highest BCUT2D eigenvalue weighted by Gasteiger charge is 2.39. The highest BCUT2D eigenvalue weighted by molar-refractivity contribution is 7.89. The molecule has 5 rings (SSSR count). The van der Waals surface area contributed by atoms with E-state index in [0.717, 1.165) is 43.6 Å². The molecule has 1 atom stereocenters. The van der Waals surface area contributed by atoms with Crippen molar-refractivity contribution < 1.29 is 21.6 Å².